The quantitative estimate of drug-likeness (QED) is 0.767. The first kappa shape index (κ1) is 16.9. The Bertz CT molecular complexity index is 526. The van der Waals surface area contributed by atoms with Crippen molar-refractivity contribution in [1.82, 2.24) is 4.72 Å². The van der Waals surface area contributed by atoms with Crippen molar-refractivity contribution in [1.29, 1.82) is 0 Å². The van der Waals surface area contributed by atoms with Gasteiger partial charge in [0.1, 0.15) is 10.6 Å². The second-order valence-electron chi connectivity index (χ2n) is 5.47. The van der Waals surface area contributed by atoms with Crippen LogP contribution in [0.15, 0.2) is 29.2 Å². The molecule has 1 aromatic rings. The number of rotatable bonds is 8. The Morgan fingerprint density at radius 1 is 1.30 bits per heavy atom. The third-order valence-electron chi connectivity index (χ3n) is 3.11. The summed E-state index contributed by atoms with van der Waals surface area (Å²) in [6.07, 6.45) is 1.40. The van der Waals surface area contributed by atoms with E-state index in [9.17, 15) is 8.42 Å². The fraction of sp³-hybridized carbons (Fsp3) is 0.571. The zero-order chi connectivity index (χ0) is 15.2. The van der Waals surface area contributed by atoms with Crippen LogP contribution < -0.4 is 9.46 Å². The predicted molar refractivity (Wildman–Crippen MR) is 78.3 cm³/mol. The van der Waals surface area contributed by atoms with E-state index in [2.05, 4.69) is 4.72 Å². The van der Waals surface area contributed by atoms with Crippen LogP contribution in [0.25, 0.3) is 0 Å². The number of methoxy groups -OCH3 is 1. The fourth-order valence-electron chi connectivity index (χ4n) is 1.85. The molecule has 0 aliphatic rings. The van der Waals surface area contributed by atoms with Gasteiger partial charge in [-0.15, -0.1) is 0 Å². The van der Waals surface area contributed by atoms with E-state index < -0.39 is 10.0 Å². The van der Waals surface area contributed by atoms with Gasteiger partial charge in [-0.3, -0.25) is 0 Å². The molecule has 20 heavy (non-hydrogen) atoms. The Labute approximate surface area is 121 Å². The Hall–Kier alpha value is -1.11. The summed E-state index contributed by atoms with van der Waals surface area (Å²) in [5.74, 6) is 0.327. The van der Waals surface area contributed by atoms with Crippen molar-refractivity contribution in [2.45, 2.75) is 31.6 Å². The molecule has 1 aromatic carbocycles. The SMILES string of the molecule is COc1ccccc1S(=O)(=O)NCC(C)(C)CCCO. The highest BCUT2D eigenvalue weighted by molar-refractivity contribution is 7.89. The molecule has 0 bridgehead atoms. The number of nitrogens with one attached hydrogen (secondary N) is 1. The van der Waals surface area contributed by atoms with Gasteiger partial charge in [0.05, 0.1) is 7.11 Å². The van der Waals surface area contributed by atoms with Gasteiger partial charge in [-0.25, -0.2) is 13.1 Å². The summed E-state index contributed by atoms with van der Waals surface area (Å²) in [6.45, 7) is 4.36. The number of aliphatic hydroxyl groups is 1. The zero-order valence-electron chi connectivity index (χ0n) is 12.2. The van der Waals surface area contributed by atoms with Crippen LogP contribution in [-0.4, -0.2) is 33.8 Å². The van der Waals surface area contributed by atoms with Gasteiger partial charge in [-0.1, -0.05) is 26.0 Å². The predicted octanol–water partition coefficient (Wildman–Crippen LogP) is 1.77. The zero-order valence-corrected chi connectivity index (χ0v) is 13.0. The summed E-state index contributed by atoms with van der Waals surface area (Å²) in [4.78, 5) is 0.139. The molecule has 0 heterocycles. The van der Waals surface area contributed by atoms with Gasteiger partial charge in [0, 0.05) is 13.2 Å². The molecule has 5 nitrogen and oxygen atoms in total. The molecule has 0 saturated carbocycles. The van der Waals surface area contributed by atoms with Crippen molar-refractivity contribution in [3.8, 4) is 5.75 Å². The van der Waals surface area contributed by atoms with Gasteiger partial charge in [0.15, 0.2) is 0 Å². The average Bonchev–Trinajstić information content (AvgIpc) is 2.43. The van der Waals surface area contributed by atoms with Gasteiger partial charge < -0.3 is 9.84 Å². The van der Waals surface area contributed by atoms with E-state index in [0.29, 0.717) is 18.7 Å². The molecule has 0 aromatic heterocycles. The number of sulfonamides is 1. The van der Waals surface area contributed by atoms with Crippen molar-refractivity contribution < 1.29 is 18.3 Å². The summed E-state index contributed by atoms with van der Waals surface area (Å²) in [5, 5.41) is 8.85. The smallest absolute Gasteiger partial charge is 0.244 e. The molecule has 0 unspecified atom stereocenters. The third-order valence-corrected chi connectivity index (χ3v) is 4.55. The minimum absolute atomic E-state index is 0.114. The fourth-order valence-corrected chi connectivity index (χ4v) is 3.27. The third kappa shape index (κ3) is 4.77. The maximum Gasteiger partial charge on any atom is 0.244 e. The molecular formula is C14H23NO4S. The van der Waals surface area contributed by atoms with E-state index in [1.807, 2.05) is 13.8 Å². The summed E-state index contributed by atoms with van der Waals surface area (Å²) in [7, 11) is -2.15. The van der Waals surface area contributed by atoms with E-state index in [1.54, 1.807) is 18.2 Å². The maximum atomic E-state index is 12.3. The summed E-state index contributed by atoms with van der Waals surface area (Å²) < 4.78 is 32.3. The van der Waals surface area contributed by atoms with Gasteiger partial charge in [-0.05, 0) is 30.4 Å². The largest absolute Gasteiger partial charge is 0.495 e. The molecule has 0 fully saturated rings. The van der Waals surface area contributed by atoms with Crippen molar-refractivity contribution in [2.75, 3.05) is 20.3 Å². The van der Waals surface area contributed by atoms with Gasteiger partial charge >= 0.3 is 0 Å². The van der Waals surface area contributed by atoms with E-state index in [0.717, 1.165) is 6.42 Å². The lowest BCUT2D eigenvalue weighted by Crippen LogP contribution is -2.34. The maximum absolute atomic E-state index is 12.3. The molecule has 0 aliphatic carbocycles. The lowest BCUT2D eigenvalue weighted by atomic mass is 9.88. The van der Waals surface area contributed by atoms with E-state index >= 15 is 0 Å². The van der Waals surface area contributed by atoms with Crippen LogP contribution in [0.5, 0.6) is 5.75 Å². The molecule has 0 spiro atoms. The Morgan fingerprint density at radius 3 is 2.55 bits per heavy atom. The number of hydrogen-bond donors (Lipinski definition) is 2. The highest BCUT2D eigenvalue weighted by Gasteiger charge is 2.24. The summed E-state index contributed by atoms with van der Waals surface area (Å²) in [6, 6.07) is 6.52. The standard InChI is InChI=1S/C14H23NO4S/c1-14(2,9-6-10-16)11-15-20(17,18)13-8-5-4-7-12(13)19-3/h4-5,7-8,15-16H,6,9-11H2,1-3H3. The van der Waals surface area contributed by atoms with Crippen molar-refractivity contribution in [3.05, 3.63) is 24.3 Å². The molecule has 1 rings (SSSR count). The van der Waals surface area contributed by atoms with Gasteiger partial charge in [0.2, 0.25) is 10.0 Å². The number of benzene rings is 1. The molecule has 0 aliphatic heterocycles. The lowest BCUT2D eigenvalue weighted by molar-refractivity contribution is 0.242. The molecule has 0 amide bonds. The first-order valence-corrected chi connectivity index (χ1v) is 8.04. The Balaban J connectivity index is 2.80. The second-order valence-corrected chi connectivity index (χ2v) is 7.20. The molecular weight excluding hydrogens is 278 g/mol. The van der Waals surface area contributed by atoms with Crippen LogP contribution in [0.2, 0.25) is 0 Å². The van der Waals surface area contributed by atoms with Gasteiger partial charge in [-0.2, -0.15) is 0 Å². The topological polar surface area (TPSA) is 75.6 Å². The van der Waals surface area contributed by atoms with Crippen LogP contribution in [-0.2, 0) is 10.0 Å². The van der Waals surface area contributed by atoms with Crippen LogP contribution in [0.3, 0.4) is 0 Å². The normalized spacial score (nSPS) is 12.4. The highest BCUT2D eigenvalue weighted by Crippen LogP contribution is 2.25. The highest BCUT2D eigenvalue weighted by atomic mass is 32.2. The molecule has 2 N–H and O–H groups in total. The molecule has 6 heteroatoms. The number of ether oxygens (including phenoxy) is 1. The van der Waals surface area contributed by atoms with Crippen molar-refractivity contribution in [3.63, 3.8) is 0 Å². The minimum Gasteiger partial charge on any atom is -0.495 e. The minimum atomic E-state index is -3.60. The molecule has 114 valence electrons. The van der Waals surface area contributed by atoms with Crippen LogP contribution in [0, 0.1) is 5.41 Å². The van der Waals surface area contributed by atoms with Crippen LogP contribution in [0.4, 0.5) is 0 Å². The van der Waals surface area contributed by atoms with Gasteiger partial charge in [0.25, 0.3) is 0 Å². The lowest BCUT2D eigenvalue weighted by Gasteiger charge is -2.24. The number of hydrogen-bond acceptors (Lipinski definition) is 4. The van der Waals surface area contributed by atoms with E-state index in [-0.39, 0.29) is 16.9 Å². The molecule has 0 saturated heterocycles. The number of para-hydroxylation sites is 1. The monoisotopic (exact) mass is 301 g/mol. The Kier molecular flexibility index (Phi) is 5.98. The average molecular weight is 301 g/mol. The summed E-state index contributed by atoms with van der Waals surface area (Å²) >= 11 is 0. The van der Waals surface area contributed by atoms with Crippen LogP contribution in [0.1, 0.15) is 26.7 Å². The molecule has 0 radical (unpaired) electrons. The van der Waals surface area contributed by atoms with E-state index in [4.69, 9.17) is 9.84 Å². The van der Waals surface area contributed by atoms with E-state index in [1.165, 1.54) is 13.2 Å². The summed E-state index contributed by atoms with van der Waals surface area (Å²) in [5.41, 5.74) is -0.211. The van der Waals surface area contributed by atoms with Crippen molar-refractivity contribution >= 4 is 10.0 Å². The number of aliphatic hydroxyl groups excluding tert-OH is 1. The first-order chi connectivity index (χ1) is 9.32. The van der Waals surface area contributed by atoms with Crippen LogP contribution >= 0.6 is 0 Å². The van der Waals surface area contributed by atoms with Crippen molar-refractivity contribution in [2.24, 2.45) is 5.41 Å². The molecule has 0 atom stereocenters. The first-order valence-electron chi connectivity index (χ1n) is 6.56. The second kappa shape index (κ2) is 7.06. The Morgan fingerprint density at radius 2 is 1.95 bits per heavy atom.